The van der Waals surface area contributed by atoms with Crippen molar-refractivity contribution in [2.45, 2.75) is 45.1 Å². The van der Waals surface area contributed by atoms with Gasteiger partial charge in [0.2, 0.25) is 0 Å². The van der Waals surface area contributed by atoms with Crippen LogP contribution in [0.2, 0.25) is 0 Å². The summed E-state index contributed by atoms with van der Waals surface area (Å²) in [6.07, 6.45) is 1.93. The number of hydrogen-bond acceptors (Lipinski definition) is 4. The lowest BCUT2D eigenvalue weighted by Gasteiger charge is -2.27. The molecule has 1 saturated heterocycles. The van der Waals surface area contributed by atoms with E-state index >= 15 is 0 Å². The summed E-state index contributed by atoms with van der Waals surface area (Å²) in [5.41, 5.74) is 7.44. The van der Waals surface area contributed by atoms with Crippen molar-refractivity contribution in [2.75, 3.05) is 13.2 Å². The van der Waals surface area contributed by atoms with Crippen LogP contribution in [-0.2, 0) is 16.6 Å². The van der Waals surface area contributed by atoms with Crippen molar-refractivity contribution >= 4 is 11.3 Å². The molecule has 17 heavy (non-hydrogen) atoms. The van der Waals surface area contributed by atoms with Crippen LogP contribution in [0, 0.1) is 5.92 Å². The molecule has 2 unspecified atom stereocenters. The highest BCUT2D eigenvalue weighted by Gasteiger charge is 2.25. The molecule has 0 saturated carbocycles. The Bertz CT molecular complexity index is 370. The molecule has 2 N–H and O–H groups in total. The second-order valence-electron chi connectivity index (χ2n) is 5.87. The second-order valence-corrected chi connectivity index (χ2v) is 6.81. The Labute approximate surface area is 107 Å². The van der Waals surface area contributed by atoms with E-state index in [2.05, 4.69) is 26.2 Å². The maximum absolute atomic E-state index is 6.12. The molecule has 2 rings (SSSR count). The van der Waals surface area contributed by atoms with E-state index in [1.54, 1.807) is 11.3 Å². The summed E-state index contributed by atoms with van der Waals surface area (Å²) in [5, 5.41) is 3.37. The predicted octanol–water partition coefficient (Wildman–Crippen LogP) is 2.35. The molecule has 96 valence electrons. The van der Waals surface area contributed by atoms with Gasteiger partial charge in [-0.15, -0.1) is 11.3 Å². The first-order valence-electron chi connectivity index (χ1n) is 6.25. The fourth-order valence-corrected chi connectivity index (χ4v) is 3.11. The Morgan fingerprint density at radius 1 is 1.53 bits per heavy atom. The van der Waals surface area contributed by atoms with Gasteiger partial charge in [0.05, 0.1) is 17.3 Å². The number of aromatic nitrogens is 1. The van der Waals surface area contributed by atoms with E-state index in [4.69, 9.17) is 15.5 Å². The first kappa shape index (κ1) is 13.0. The molecule has 1 aromatic heterocycles. The van der Waals surface area contributed by atoms with Gasteiger partial charge < -0.3 is 10.5 Å². The molecule has 1 aromatic rings. The SMILES string of the molecule is CC(C)(C)c1csc(CC2COCCC2N)n1. The Morgan fingerprint density at radius 3 is 2.88 bits per heavy atom. The maximum atomic E-state index is 6.12. The summed E-state index contributed by atoms with van der Waals surface area (Å²) < 4.78 is 5.50. The van der Waals surface area contributed by atoms with Crippen LogP contribution in [0.5, 0.6) is 0 Å². The minimum absolute atomic E-state index is 0.139. The highest BCUT2D eigenvalue weighted by Crippen LogP contribution is 2.26. The van der Waals surface area contributed by atoms with Gasteiger partial charge in [-0.25, -0.2) is 4.98 Å². The molecule has 4 heteroatoms. The zero-order valence-corrected chi connectivity index (χ0v) is 11.7. The molecule has 2 atom stereocenters. The van der Waals surface area contributed by atoms with E-state index in [0.717, 1.165) is 26.1 Å². The minimum atomic E-state index is 0.139. The standard InChI is InChI=1S/C13H22N2OS/c1-13(2,3)11-8-17-12(15-11)6-9-7-16-5-4-10(9)14/h8-10H,4-7,14H2,1-3H3. The third kappa shape index (κ3) is 3.27. The first-order chi connectivity index (χ1) is 7.97. The lowest BCUT2D eigenvalue weighted by Crippen LogP contribution is -2.39. The van der Waals surface area contributed by atoms with E-state index in [-0.39, 0.29) is 11.5 Å². The van der Waals surface area contributed by atoms with E-state index in [0.29, 0.717) is 5.92 Å². The maximum Gasteiger partial charge on any atom is 0.0932 e. The normalized spacial score (nSPS) is 26.1. The van der Waals surface area contributed by atoms with Crippen LogP contribution in [0.1, 0.15) is 37.9 Å². The van der Waals surface area contributed by atoms with Crippen molar-refractivity contribution in [3.8, 4) is 0 Å². The molecule has 0 amide bonds. The molecule has 2 heterocycles. The third-order valence-corrected chi connectivity index (χ3v) is 4.16. The Hall–Kier alpha value is -0.450. The molecule has 1 aliphatic heterocycles. The van der Waals surface area contributed by atoms with Crippen molar-refractivity contribution in [3.05, 3.63) is 16.1 Å². The summed E-state index contributed by atoms with van der Waals surface area (Å²) >= 11 is 1.75. The van der Waals surface area contributed by atoms with Gasteiger partial charge in [0.15, 0.2) is 0 Å². The lowest BCUT2D eigenvalue weighted by molar-refractivity contribution is 0.0422. The van der Waals surface area contributed by atoms with E-state index in [1.165, 1.54) is 10.7 Å². The first-order valence-corrected chi connectivity index (χ1v) is 7.13. The van der Waals surface area contributed by atoms with Gasteiger partial charge in [-0.05, 0) is 6.42 Å². The van der Waals surface area contributed by atoms with Gasteiger partial charge in [-0.2, -0.15) is 0 Å². The van der Waals surface area contributed by atoms with Crippen LogP contribution in [0.4, 0.5) is 0 Å². The Morgan fingerprint density at radius 2 is 2.29 bits per heavy atom. The number of rotatable bonds is 2. The number of ether oxygens (including phenoxy) is 1. The average Bonchev–Trinajstić information content (AvgIpc) is 2.69. The molecule has 0 aromatic carbocycles. The van der Waals surface area contributed by atoms with Crippen molar-refractivity contribution in [2.24, 2.45) is 11.7 Å². The Balaban J connectivity index is 2.01. The van der Waals surface area contributed by atoms with E-state index in [9.17, 15) is 0 Å². The third-order valence-electron chi connectivity index (χ3n) is 3.29. The smallest absolute Gasteiger partial charge is 0.0932 e. The van der Waals surface area contributed by atoms with Crippen molar-refractivity contribution < 1.29 is 4.74 Å². The zero-order chi connectivity index (χ0) is 12.5. The van der Waals surface area contributed by atoms with Gasteiger partial charge in [0, 0.05) is 35.8 Å². The number of nitrogens with two attached hydrogens (primary N) is 1. The summed E-state index contributed by atoms with van der Waals surface area (Å²) in [4.78, 5) is 4.72. The molecular formula is C13H22N2OS. The van der Waals surface area contributed by atoms with Crippen LogP contribution < -0.4 is 5.73 Å². The van der Waals surface area contributed by atoms with Gasteiger partial charge in [0.25, 0.3) is 0 Å². The fraction of sp³-hybridized carbons (Fsp3) is 0.769. The lowest BCUT2D eigenvalue weighted by atomic mass is 9.92. The summed E-state index contributed by atoms with van der Waals surface area (Å²) in [5.74, 6) is 0.433. The molecule has 0 spiro atoms. The fourth-order valence-electron chi connectivity index (χ4n) is 2.00. The van der Waals surface area contributed by atoms with Crippen LogP contribution in [0.25, 0.3) is 0 Å². The van der Waals surface area contributed by atoms with Crippen LogP contribution in [0.15, 0.2) is 5.38 Å². The average molecular weight is 254 g/mol. The highest BCUT2D eigenvalue weighted by molar-refractivity contribution is 7.09. The number of hydrogen-bond donors (Lipinski definition) is 1. The molecular weight excluding hydrogens is 232 g/mol. The Kier molecular flexibility index (Phi) is 3.85. The minimum Gasteiger partial charge on any atom is -0.381 e. The summed E-state index contributed by atoms with van der Waals surface area (Å²) in [7, 11) is 0. The largest absolute Gasteiger partial charge is 0.381 e. The van der Waals surface area contributed by atoms with Gasteiger partial charge in [0.1, 0.15) is 0 Å². The molecule has 1 aliphatic rings. The van der Waals surface area contributed by atoms with Crippen molar-refractivity contribution in [3.63, 3.8) is 0 Å². The van der Waals surface area contributed by atoms with Crippen LogP contribution in [0.3, 0.4) is 0 Å². The van der Waals surface area contributed by atoms with E-state index in [1.807, 2.05) is 0 Å². The molecule has 3 nitrogen and oxygen atoms in total. The zero-order valence-electron chi connectivity index (χ0n) is 10.9. The predicted molar refractivity (Wildman–Crippen MR) is 71.4 cm³/mol. The van der Waals surface area contributed by atoms with Crippen molar-refractivity contribution in [1.82, 2.24) is 4.98 Å². The molecule has 0 radical (unpaired) electrons. The van der Waals surface area contributed by atoms with Gasteiger partial charge in [-0.3, -0.25) is 0 Å². The monoisotopic (exact) mass is 254 g/mol. The highest BCUT2D eigenvalue weighted by atomic mass is 32.1. The van der Waals surface area contributed by atoms with Gasteiger partial charge in [-0.1, -0.05) is 20.8 Å². The van der Waals surface area contributed by atoms with Crippen LogP contribution >= 0.6 is 11.3 Å². The molecule has 0 bridgehead atoms. The number of thiazole rings is 1. The topological polar surface area (TPSA) is 48.1 Å². The molecule has 1 fully saturated rings. The number of nitrogens with zero attached hydrogens (tertiary/aromatic N) is 1. The van der Waals surface area contributed by atoms with Crippen molar-refractivity contribution in [1.29, 1.82) is 0 Å². The summed E-state index contributed by atoms with van der Waals surface area (Å²) in [6, 6.07) is 0.269. The van der Waals surface area contributed by atoms with Crippen LogP contribution in [-0.4, -0.2) is 24.2 Å². The summed E-state index contributed by atoms with van der Waals surface area (Å²) in [6.45, 7) is 8.18. The second kappa shape index (κ2) is 5.04. The van der Waals surface area contributed by atoms with E-state index < -0.39 is 0 Å². The van der Waals surface area contributed by atoms with Gasteiger partial charge >= 0.3 is 0 Å². The quantitative estimate of drug-likeness (QED) is 0.881. The molecule has 0 aliphatic carbocycles.